The zero-order valence-electron chi connectivity index (χ0n) is 9.89. The summed E-state index contributed by atoms with van der Waals surface area (Å²) in [6, 6.07) is 4.88. The van der Waals surface area contributed by atoms with Crippen LogP contribution in [-0.4, -0.2) is 24.8 Å². The third-order valence-corrected chi connectivity index (χ3v) is 3.00. The number of nitrogens with zero attached hydrogens (tertiary/aromatic N) is 1. The highest BCUT2D eigenvalue weighted by Gasteiger charge is 2.19. The van der Waals surface area contributed by atoms with Gasteiger partial charge in [0.15, 0.2) is 0 Å². The van der Waals surface area contributed by atoms with Crippen molar-refractivity contribution < 1.29 is 14.1 Å². The van der Waals surface area contributed by atoms with E-state index in [0.29, 0.717) is 25.2 Å². The lowest BCUT2D eigenvalue weighted by molar-refractivity contribution is -0.385. The number of alkyl halides is 1. The normalized spacial score (nSPS) is 15.3. The van der Waals surface area contributed by atoms with Crippen LogP contribution in [0.15, 0.2) is 24.3 Å². The summed E-state index contributed by atoms with van der Waals surface area (Å²) in [4.78, 5) is 10.5. The molecule has 1 aromatic carbocycles. The van der Waals surface area contributed by atoms with Gasteiger partial charge in [-0.2, -0.15) is 0 Å². The van der Waals surface area contributed by atoms with E-state index in [1.807, 2.05) is 12.1 Å². The predicted molar refractivity (Wildman–Crippen MR) is 66.2 cm³/mol. The van der Waals surface area contributed by atoms with Crippen LogP contribution in [0.5, 0.6) is 0 Å². The molecule has 4 nitrogen and oxygen atoms in total. The van der Waals surface area contributed by atoms with Crippen LogP contribution in [0.25, 0.3) is 5.57 Å². The number of benzene rings is 1. The van der Waals surface area contributed by atoms with Crippen molar-refractivity contribution in [2.24, 2.45) is 0 Å². The molecular weight excluding hydrogens is 237 g/mol. The maximum Gasteiger partial charge on any atom is 0.273 e. The first-order chi connectivity index (χ1) is 8.74. The molecule has 0 spiro atoms. The highest BCUT2D eigenvalue weighted by molar-refractivity contribution is 5.72. The molecule has 0 aromatic heterocycles. The second kappa shape index (κ2) is 5.73. The first-order valence-electron chi connectivity index (χ1n) is 5.83. The minimum atomic E-state index is -0.596. The summed E-state index contributed by atoms with van der Waals surface area (Å²) in [6.45, 7) is 0.512. The molecule has 0 N–H and O–H groups in total. The number of nitro groups is 1. The number of hydrogen-bond donors (Lipinski definition) is 0. The largest absolute Gasteiger partial charge is 0.377 e. The zero-order chi connectivity index (χ0) is 13.0. The Balaban J connectivity index is 2.48. The van der Waals surface area contributed by atoms with E-state index >= 15 is 0 Å². The van der Waals surface area contributed by atoms with E-state index in [9.17, 15) is 14.5 Å². The van der Waals surface area contributed by atoms with Gasteiger partial charge in [0.05, 0.1) is 24.8 Å². The minimum Gasteiger partial charge on any atom is -0.377 e. The highest BCUT2D eigenvalue weighted by atomic mass is 19.1. The van der Waals surface area contributed by atoms with Gasteiger partial charge in [0, 0.05) is 18.1 Å². The molecule has 0 fully saturated rings. The van der Waals surface area contributed by atoms with Gasteiger partial charge in [0.25, 0.3) is 5.69 Å². The van der Waals surface area contributed by atoms with Crippen LogP contribution in [0.3, 0.4) is 0 Å². The van der Waals surface area contributed by atoms with E-state index in [4.69, 9.17) is 4.74 Å². The van der Waals surface area contributed by atoms with Crippen LogP contribution in [0.1, 0.15) is 17.5 Å². The molecule has 1 aromatic rings. The lowest BCUT2D eigenvalue weighted by atomic mass is 9.94. The molecule has 0 saturated carbocycles. The van der Waals surface area contributed by atoms with E-state index in [2.05, 4.69) is 0 Å². The summed E-state index contributed by atoms with van der Waals surface area (Å²) in [6.07, 6.45) is 2.69. The van der Waals surface area contributed by atoms with Crippen molar-refractivity contribution in [3.63, 3.8) is 0 Å². The Bertz CT molecular complexity index is 485. The molecule has 0 saturated heterocycles. The number of rotatable bonds is 4. The lowest BCUT2D eigenvalue weighted by Crippen LogP contribution is -2.07. The summed E-state index contributed by atoms with van der Waals surface area (Å²) >= 11 is 0. The first kappa shape index (κ1) is 12.7. The van der Waals surface area contributed by atoms with E-state index in [-0.39, 0.29) is 12.1 Å². The van der Waals surface area contributed by atoms with Crippen molar-refractivity contribution in [3.8, 4) is 0 Å². The lowest BCUT2D eigenvalue weighted by Gasteiger charge is -2.16. The molecular formula is C13H14FNO3. The fraction of sp³-hybridized carbons (Fsp3) is 0.385. The fourth-order valence-corrected chi connectivity index (χ4v) is 2.18. The van der Waals surface area contributed by atoms with Gasteiger partial charge >= 0.3 is 0 Å². The van der Waals surface area contributed by atoms with Gasteiger partial charge in [0.1, 0.15) is 0 Å². The average molecular weight is 251 g/mol. The van der Waals surface area contributed by atoms with Gasteiger partial charge in [-0.3, -0.25) is 14.5 Å². The van der Waals surface area contributed by atoms with Gasteiger partial charge in [-0.1, -0.05) is 18.2 Å². The van der Waals surface area contributed by atoms with E-state index in [1.54, 1.807) is 6.07 Å². The Morgan fingerprint density at radius 1 is 1.44 bits per heavy atom. The van der Waals surface area contributed by atoms with Gasteiger partial charge in [-0.15, -0.1) is 0 Å². The molecule has 2 rings (SSSR count). The second-order valence-electron chi connectivity index (χ2n) is 4.05. The third-order valence-electron chi connectivity index (χ3n) is 3.00. The number of nitro benzene ring substituents is 1. The average Bonchev–Trinajstić information content (AvgIpc) is 2.40. The maximum atomic E-state index is 12.6. The molecule has 0 amide bonds. The van der Waals surface area contributed by atoms with E-state index < -0.39 is 11.6 Å². The molecule has 0 atom stereocenters. The minimum absolute atomic E-state index is 0.00228. The van der Waals surface area contributed by atoms with Crippen LogP contribution in [0, 0.1) is 10.1 Å². The van der Waals surface area contributed by atoms with Gasteiger partial charge in [-0.25, -0.2) is 0 Å². The third kappa shape index (κ3) is 2.56. The SMILES string of the molecule is O=[N+]([O-])c1cccc(C2=CCOCC2)c1CCF. The smallest absolute Gasteiger partial charge is 0.273 e. The number of ether oxygens (including phenoxy) is 1. The van der Waals surface area contributed by atoms with Gasteiger partial charge < -0.3 is 4.74 Å². The van der Waals surface area contributed by atoms with Crippen molar-refractivity contribution in [2.75, 3.05) is 19.9 Å². The highest BCUT2D eigenvalue weighted by Crippen LogP contribution is 2.30. The molecule has 1 aliphatic heterocycles. The van der Waals surface area contributed by atoms with Crippen LogP contribution < -0.4 is 0 Å². The number of hydrogen-bond acceptors (Lipinski definition) is 3. The fourth-order valence-electron chi connectivity index (χ4n) is 2.18. The first-order valence-corrected chi connectivity index (χ1v) is 5.83. The second-order valence-corrected chi connectivity index (χ2v) is 4.05. The monoisotopic (exact) mass is 251 g/mol. The summed E-state index contributed by atoms with van der Waals surface area (Å²) in [5.41, 5.74) is 2.27. The zero-order valence-corrected chi connectivity index (χ0v) is 9.89. The molecule has 1 heterocycles. The summed E-state index contributed by atoms with van der Waals surface area (Å²) < 4.78 is 17.8. The summed E-state index contributed by atoms with van der Waals surface area (Å²) in [5, 5.41) is 11.0. The van der Waals surface area contributed by atoms with Crippen molar-refractivity contribution in [3.05, 3.63) is 45.5 Å². The molecule has 18 heavy (non-hydrogen) atoms. The summed E-state index contributed by atoms with van der Waals surface area (Å²) in [7, 11) is 0. The van der Waals surface area contributed by atoms with Crippen LogP contribution in [0.4, 0.5) is 10.1 Å². The van der Waals surface area contributed by atoms with Crippen molar-refractivity contribution in [2.45, 2.75) is 12.8 Å². The Morgan fingerprint density at radius 2 is 2.28 bits per heavy atom. The summed E-state index contributed by atoms with van der Waals surface area (Å²) in [5.74, 6) is 0. The molecule has 0 radical (unpaired) electrons. The van der Waals surface area contributed by atoms with Crippen molar-refractivity contribution in [1.29, 1.82) is 0 Å². The predicted octanol–water partition coefficient (Wildman–Crippen LogP) is 2.91. The Morgan fingerprint density at radius 3 is 2.89 bits per heavy atom. The van der Waals surface area contributed by atoms with Crippen LogP contribution in [0.2, 0.25) is 0 Å². The Kier molecular flexibility index (Phi) is 4.04. The van der Waals surface area contributed by atoms with E-state index in [0.717, 1.165) is 11.1 Å². The molecule has 0 aliphatic carbocycles. The van der Waals surface area contributed by atoms with Crippen molar-refractivity contribution >= 4 is 11.3 Å². The maximum absolute atomic E-state index is 12.6. The van der Waals surface area contributed by atoms with Crippen molar-refractivity contribution in [1.82, 2.24) is 0 Å². The quantitative estimate of drug-likeness (QED) is 0.610. The number of halogens is 1. The Labute approximate surface area is 104 Å². The molecule has 5 heteroatoms. The molecule has 0 bridgehead atoms. The topological polar surface area (TPSA) is 52.4 Å². The van der Waals surface area contributed by atoms with Gasteiger partial charge in [-0.05, 0) is 17.6 Å². The molecule has 0 unspecified atom stereocenters. The standard InChI is InChI=1S/C13H14FNO3/c14-7-4-12-11(10-5-8-18-9-6-10)2-1-3-13(12)15(16)17/h1-3,5H,4,6-9H2. The molecule has 1 aliphatic rings. The van der Waals surface area contributed by atoms with Crippen LogP contribution >= 0.6 is 0 Å². The van der Waals surface area contributed by atoms with Gasteiger partial charge in [0.2, 0.25) is 0 Å². The Hall–Kier alpha value is -1.75. The van der Waals surface area contributed by atoms with Crippen LogP contribution in [-0.2, 0) is 11.2 Å². The van der Waals surface area contributed by atoms with E-state index in [1.165, 1.54) is 6.07 Å². The molecule has 96 valence electrons.